The van der Waals surface area contributed by atoms with Gasteiger partial charge in [-0.2, -0.15) is 0 Å². The van der Waals surface area contributed by atoms with Gasteiger partial charge in [-0.3, -0.25) is 0 Å². The maximum Gasteiger partial charge on any atom is 0.0981 e. The highest BCUT2D eigenvalue weighted by Crippen LogP contribution is 2.30. The third-order valence-electron chi connectivity index (χ3n) is 3.80. The van der Waals surface area contributed by atoms with Crippen LogP contribution in [0.1, 0.15) is 26.3 Å². The maximum atomic E-state index is 9.35. The molecule has 4 nitrogen and oxygen atoms in total. The van der Waals surface area contributed by atoms with Gasteiger partial charge in [-0.1, -0.05) is 31.5 Å². The van der Waals surface area contributed by atoms with E-state index in [0.29, 0.717) is 19.2 Å². The third kappa shape index (κ3) is 4.10. The Kier molecular flexibility index (Phi) is 5.88. The average Bonchev–Trinajstić information content (AvgIpc) is 2.46. The molecule has 1 heterocycles. The molecule has 0 amide bonds. The minimum absolute atomic E-state index is 0.0450. The summed E-state index contributed by atoms with van der Waals surface area (Å²) in [5, 5.41) is 13.6. The van der Waals surface area contributed by atoms with Gasteiger partial charge in [0.25, 0.3) is 0 Å². The van der Waals surface area contributed by atoms with E-state index in [4.69, 9.17) is 16.3 Å². The first-order valence-electron chi connectivity index (χ1n) is 7.52. The summed E-state index contributed by atoms with van der Waals surface area (Å²) in [6.07, 6.45) is -0.133. The van der Waals surface area contributed by atoms with Crippen LogP contribution in [0.2, 0.25) is 5.02 Å². The van der Waals surface area contributed by atoms with Crippen LogP contribution in [-0.2, 0) is 11.3 Å². The Bertz CT molecular complexity index is 468. The van der Waals surface area contributed by atoms with Crippen molar-refractivity contribution in [1.29, 1.82) is 0 Å². The molecule has 0 saturated carbocycles. The summed E-state index contributed by atoms with van der Waals surface area (Å²) in [5.41, 5.74) is 2.24. The Balaban J connectivity index is 2.26. The smallest absolute Gasteiger partial charge is 0.0981 e. The summed E-state index contributed by atoms with van der Waals surface area (Å²) in [5.74, 6) is 0. The molecular weight excluding hydrogens is 288 g/mol. The normalized spacial score (nSPS) is 22.9. The zero-order valence-corrected chi connectivity index (χ0v) is 13.7. The molecule has 0 spiro atoms. The zero-order valence-electron chi connectivity index (χ0n) is 13.0. The standard InChI is InChI=1S/C16H25ClN2O2/c1-11(2)18-7-14-15(17)5-4-6-16(14)19-8-13(9-20)21-10-12(19)3/h4-6,11-13,18,20H,7-10H2,1-3H3. The topological polar surface area (TPSA) is 44.7 Å². The van der Waals surface area contributed by atoms with Gasteiger partial charge in [0.05, 0.1) is 19.3 Å². The van der Waals surface area contributed by atoms with Gasteiger partial charge < -0.3 is 20.1 Å². The number of ether oxygens (including phenoxy) is 1. The maximum absolute atomic E-state index is 9.35. The number of aliphatic hydroxyl groups is 1. The number of morpholine rings is 1. The number of aliphatic hydroxyl groups excluding tert-OH is 1. The van der Waals surface area contributed by atoms with E-state index < -0.39 is 0 Å². The van der Waals surface area contributed by atoms with E-state index in [1.807, 2.05) is 12.1 Å². The zero-order chi connectivity index (χ0) is 15.4. The summed E-state index contributed by atoms with van der Waals surface area (Å²) in [4.78, 5) is 2.29. The molecule has 2 atom stereocenters. The first-order chi connectivity index (χ1) is 10.0. The number of benzene rings is 1. The van der Waals surface area contributed by atoms with E-state index in [9.17, 15) is 5.11 Å². The van der Waals surface area contributed by atoms with Crippen LogP contribution in [0, 0.1) is 0 Å². The summed E-state index contributed by atoms with van der Waals surface area (Å²) >= 11 is 6.40. The van der Waals surface area contributed by atoms with Gasteiger partial charge >= 0.3 is 0 Å². The lowest BCUT2D eigenvalue weighted by Crippen LogP contribution is -2.50. The molecule has 0 bridgehead atoms. The van der Waals surface area contributed by atoms with Gasteiger partial charge in [0.15, 0.2) is 0 Å². The van der Waals surface area contributed by atoms with Gasteiger partial charge in [-0.15, -0.1) is 0 Å². The fourth-order valence-electron chi connectivity index (χ4n) is 2.56. The van der Waals surface area contributed by atoms with Crippen LogP contribution in [0.4, 0.5) is 5.69 Å². The monoisotopic (exact) mass is 312 g/mol. The molecule has 2 N–H and O–H groups in total. The van der Waals surface area contributed by atoms with E-state index in [-0.39, 0.29) is 18.8 Å². The lowest BCUT2D eigenvalue weighted by atomic mass is 10.1. The Morgan fingerprint density at radius 3 is 2.90 bits per heavy atom. The molecule has 0 radical (unpaired) electrons. The van der Waals surface area contributed by atoms with Crippen LogP contribution < -0.4 is 10.2 Å². The van der Waals surface area contributed by atoms with Gasteiger partial charge in [0, 0.05) is 41.4 Å². The Hall–Kier alpha value is -0.810. The van der Waals surface area contributed by atoms with Gasteiger partial charge in [0.2, 0.25) is 0 Å². The van der Waals surface area contributed by atoms with Crippen LogP contribution in [0.25, 0.3) is 0 Å². The number of nitrogens with zero attached hydrogens (tertiary/aromatic N) is 1. The molecule has 0 aliphatic carbocycles. The molecular formula is C16H25ClN2O2. The van der Waals surface area contributed by atoms with Crippen molar-refractivity contribution >= 4 is 17.3 Å². The minimum atomic E-state index is -0.133. The molecule has 0 aromatic heterocycles. The number of hydrogen-bond acceptors (Lipinski definition) is 4. The molecule has 1 aromatic rings. The van der Waals surface area contributed by atoms with Crippen molar-refractivity contribution in [3.8, 4) is 0 Å². The van der Waals surface area contributed by atoms with Crippen LogP contribution >= 0.6 is 11.6 Å². The first-order valence-corrected chi connectivity index (χ1v) is 7.90. The highest BCUT2D eigenvalue weighted by Gasteiger charge is 2.27. The van der Waals surface area contributed by atoms with Crippen molar-refractivity contribution in [1.82, 2.24) is 5.32 Å². The second-order valence-corrected chi connectivity index (χ2v) is 6.32. The Morgan fingerprint density at radius 2 is 2.24 bits per heavy atom. The van der Waals surface area contributed by atoms with Crippen molar-refractivity contribution in [2.75, 3.05) is 24.7 Å². The quantitative estimate of drug-likeness (QED) is 0.876. The second kappa shape index (κ2) is 7.45. The number of nitrogens with one attached hydrogen (secondary N) is 1. The molecule has 5 heteroatoms. The fraction of sp³-hybridized carbons (Fsp3) is 0.625. The average molecular weight is 313 g/mol. The van der Waals surface area contributed by atoms with Crippen LogP contribution in [-0.4, -0.2) is 43.1 Å². The molecule has 1 saturated heterocycles. The van der Waals surface area contributed by atoms with E-state index in [2.05, 4.69) is 37.1 Å². The van der Waals surface area contributed by atoms with Crippen molar-refractivity contribution in [3.05, 3.63) is 28.8 Å². The minimum Gasteiger partial charge on any atom is -0.394 e. The fourth-order valence-corrected chi connectivity index (χ4v) is 2.80. The predicted molar refractivity (Wildman–Crippen MR) is 87.1 cm³/mol. The Morgan fingerprint density at radius 1 is 1.48 bits per heavy atom. The van der Waals surface area contributed by atoms with Gasteiger partial charge in [-0.25, -0.2) is 0 Å². The highest BCUT2D eigenvalue weighted by molar-refractivity contribution is 6.31. The third-order valence-corrected chi connectivity index (χ3v) is 4.15. The summed E-state index contributed by atoms with van der Waals surface area (Å²) < 4.78 is 5.62. The van der Waals surface area contributed by atoms with Crippen LogP contribution in [0.15, 0.2) is 18.2 Å². The molecule has 21 heavy (non-hydrogen) atoms. The van der Waals surface area contributed by atoms with Crippen molar-refractivity contribution in [2.45, 2.75) is 45.5 Å². The lowest BCUT2D eigenvalue weighted by Gasteiger charge is -2.40. The molecule has 1 aliphatic heterocycles. The van der Waals surface area contributed by atoms with Gasteiger partial charge in [0.1, 0.15) is 0 Å². The van der Waals surface area contributed by atoms with E-state index in [1.165, 1.54) is 0 Å². The Labute approximate surface area is 132 Å². The number of anilines is 1. The summed E-state index contributed by atoms with van der Waals surface area (Å²) in [7, 11) is 0. The largest absolute Gasteiger partial charge is 0.394 e. The van der Waals surface area contributed by atoms with E-state index >= 15 is 0 Å². The van der Waals surface area contributed by atoms with Crippen molar-refractivity contribution < 1.29 is 9.84 Å². The summed E-state index contributed by atoms with van der Waals surface area (Å²) in [6.45, 7) is 8.46. The van der Waals surface area contributed by atoms with Crippen LogP contribution in [0.3, 0.4) is 0 Å². The van der Waals surface area contributed by atoms with E-state index in [0.717, 1.165) is 22.8 Å². The first kappa shape index (κ1) is 16.6. The van der Waals surface area contributed by atoms with Crippen molar-refractivity contribution in [2.24, 2.45) is 0 Å². The molecule has 1 fully saturated rings. The van der Waals surface area contributed by atoms with E-state index in [1.54, 1.807) is 0 Å². The van der Waals surface area contributed by atoms with Crippen LogP contribution in [0.5, 0.6) is 0 Å². The SMILES string of the molecule is CC(C)NCc1c(Cl)cccc1N1CC(CO)OCC1C. The number of halogens is 1. The second-order valence-electron chi connectivity index (χ2n) is 5.91. The lowest BCUT2D eigenvalue weighted by molar-refractivity contribution is -0.0103. The number of rotatable bonds is 5. The molecule has 1 aromatic carbocycles. The predicted octanol–water partition coefficient (Wildman–Crippen LogP) is 2.42. The molecule has 1 aliphatic rings. The molecule has 2 unspecified atom stereocenters. The molecule has 2 rings (SSSR count). The number of hydrogen-bond donors (Lipinski definition) is 2. The van der Waals surface area contributed by atoms with Gasteiger partial charge in [-0.05, 0) is 19.1 Å². The summed E-state index contributed by atoms with van der Waals surface area (Å²) in [6, 6.07) is 6.67. The highest BCUT2D eigenvalue weighted by atomic mass is 35.5. The van der Waals surface area contributed by atoms with Crippen molar-refractivity contribution in [3.63, 3.8) is 0 Å². The molecule has 118 valence electrons.